The van der Waals surface area contributed by atoms with Crippen molar-refractivity contribution in [1.82, 2.24) is 14.5 Å². The fourth-order valence-corrected chi connectivity index (χ4v) is 4.19. The lowest BCUT2D eigenvalue weighted by atomic mass is 10.1. The van der Waals surface area contributed by atoms with Crippen molar-refractivity contribution in [2.75, 3.05) is 20.2 Å². The Balaban J connectivity index is 1.42. The molecule has 1 amide bonds. The van der Waals surface area contributed by atoms with Gasteiger partial charge < -0.3 is 14.2 Å². The number of aromatic nitrogens is 2. The van der Waals surface area contributed by atoms with Crippen molar-refractivity contribution < 1.29 is 9.53 Å². The number of nitrogens with zero attached hydrogens (tertiary/aromatic N) is 3. The second kappa shape index (κ2) is 8.27. The fraction of sp³-hybridized carbons (Fsp3) is 0.417. The number of amides is 1. The molecule has 1 saturated heterocycles. The van der Waals surface area contributed by atoms with Gasteiger partial charge in [0.05, 0.1) is 17.6 Å². The highest BCUT2D eigenvalue weighted by Gasteiger charge is 2.31. The summed E-state index contributed by atoms with van der Waals surface area (Å²) in [6, 6.07) is 14.6. The Bertz CT molecular complexity index is 1020. The summed E-state index contributed by atoms with van der Waals surface area (Å²) in [6.45, 7) is 6.53. The van der Waals surface area contributed by atoms with E-state index < -0.39 is 0 Å². The summed E-state index contributed by atoms with van der Waals surface area (Å²) in [4.78, 5) is 18.7. The van der Waals surface area contributed by atoms with Gasteiger partial charge in [0, 0.05) is 32.5 Å². The molecule has 1 unspecified atom stereocenters. The summed E-state index contributed by atoms with van der Waals surface area (Å²) in [5.74, 6) is 2.39. The maximum absolute atomic E-state index is 12.0. The first-order valence-electron chi connectivity index (χ1n) is 10.4. The standard InChI is InChI=1S/C24H29N3O2/c1-17-10-11-22(18(2)14-17)29-13-7-6-12-27-21-9-5-4-8-20(21)25-24(27)19-15-23(28)26(3)16-19/h4-5,8-11,14,19H,6-7,12-13,15-16H2,1-3H3. The van der Waals surface area contributed by atoms with Crippen LogP contribution < -0.4 is 4.74 Å². The summed E-state index contributed by atoms with van der Waals surface area (Å²) in [5, 5.41) is 0. The second-order valence-electron chi connectivity index (χ2n) is 8.11. The number of carbonyl (C=O) groups is 1. The first kappa shape index (κ1) is 19.5. The SMILES string of the molecule is Cc1ccc(OCCCCn2c(C3CC(=O)N(C)C3)nc3ccccc32)c(C)c1. The van der Waals surface area contributed by atoms with Gasteiger partial charge in [0.2, 0.25) is 5.91 Å². The Morgan fingerprint density at radius 3 is 2.72 bits per heavy atom. The highest BCUT2D eigenvalue weighted by atomic mass is 16.5. The predicted molar refractivity (Wildman–Crippen MR) is 115 cm³/mol. The number of hydrogen-bond acceptors (Lipinski definition) is 3. The molecule has 0 saturated carbocycles. The predicted octanol–water partition coefficient (Wildman–Crippen LogP) is 4.46. The highest BCUT2D eigenvalue weighted by molar-refractivity contribution is 5.80. The summed E-state index contributed by atoms with van der Waals surface area (Å²) in [6.07, 6.45) is 2.53. The molecule has 2 heterocycles. The van der Waals surface area contributed by atoms with Crippen molar-refractivity contribution in [1.29, 1.82) is 0 Å². The number of ether oxygens (including phenoxy) is 1. The zero-order chi connectivity index (χ0) is 20.4. The van der Waals surface area contributed by atoms with Crippen LogP contribution in [0.25, 0.3) is 11.0 Å². The zero-order valence-corrected chi connectivity index (χ0v) is 17.5. The van der Waals surface area contributed by atoms with Crippen LogP contribution in [0.3, 0.4) is 0 Å². The third-order valence-corrected chi connectivity index (χ3v) is 5.75. The molecule has 0 spiro atoms. The van der Waals surface area contributed by atoms with Gasteiger partial charge in [0.1, 0.15) is 11.6 Å². The molecule has 152 valence electrons. The van der Waals surface area contributed by atoms with Gasteiger partial charge in [-0.05, 0) is 50.5 Å². The van der Waals surface area contributed by atoms with E-state index in [0.717, 1.165) is 48.5 Å². The maximum atomic E-state index is 12.0. The molecule has 2 aromatic carbocycles. The molecule has 0 N–H and O–H groups in total. The molecular formula is C24H29N3O2. The van der Waals surface area contributed by atoms with E-state index in [1.165, 1.54) is 11.1 Å². The monoisotopic (exact) mass is 391 g/mol. The maximum Gasteiger partial charge on any atom is 0.223 e. The van der Waals surface area contributed by atoms with E-state index in [4.69, 9.17) is 9.72 Å². The molecule has 0 radical (unpaired) electrons. The Morgan fingerprint density at radius 1 is 1.14 bits per heavy atom. The number of unbranched alkanes of at least 4 members (excludes halogenated alkanes) is 1. The average molecular weight is 392 g/mol. The normalized spacial score (nSPS) is 16.7. The first-order chi connectivity index (χ1) is 14.0. The van der Waals surface area contributed by atoms with E-state index in [-0.39, 0.29) is 11.8 Å². The number of benzene rings is 2. The summed E-state index contributed by atoms with van der Waals surface area (Å²) in [5.41, 5.74) is 4.60. The van der Waals surface area contributed by atoms with Crippen molar-refractivity contribution >= 4 is 16.9 Å². The van der Waals surface area contributed by atoms with Crippen LogP contribution in [0.15, 0.2) is 42.5 Å². The first-order valence-corrected chi connectivity index (χ1v) is 10.4. The average Bonchev–Trinajstić information content (AvgIpc) is 3.23. The largest absolute Gasteiger partial charge is 0.493 e. The molecular weight excluding hydrogens is 362 g/mol. The minimum Gasteiger partial charge on any atom is -0.493 e. The molecule has 1 aromatic heterocycles. The van der Waals surface area contributed by atoms with E-state index in [1.54, 1.807) is 0 Å². The van der Waals surface area contributed by atoms with Gasteiger partial charge in [-0.3, -0.25) is 4.79 Å². The van der Waals surface area contributed by atoms with E-state index in [0.29, 0.717) is 13.0 Å². The van der Waals surface area contributed by atoms with Crippen LogP contribution in [0.2, 0.25) is 0 Å². The molecule has 0 bridgehead atoms. The molecule has 0 aliphatic carbocycles. The van der Waals surface area contributed by atoms with Crippen molar-refractivity contribution in [2.45, 2.75) is 45.6 Å². The molecule has 3 aromatic rings. The smallest absolute Gasteiger partial charge is 0.223 e. The van der Waals surface area contributed by atoms with Crippen LogP contribution in [-0.4, -0.2) is 40.6 Å². The number of rotatable bonds is 7. The molecule has 1 atom stereocenters. The number of aryl methyl sites for hydroxylation is 3. The van der Waals surface area contributed by atoms with E-state index in [9.17, 15) is 4.79 Å². The lowest BCUT2D eigenvalue weighted by molar-refractivity contribution is -0.126. The number of fused-ring (bicyclic) bond motifs is 1. The molecule has 1 aliphatic heterocycles. The van der Waals surface area contributed by atoms with Gasteiger partial charge >= 0.3 is 0 Å². The van der Waals surface area contributed by atoms with Crippen molar-refractivity contribution in [2.24, 2.45) is 0 Å². The number of carbonyl (C=O) groups excluding carboxylic acids is 1. The van der Waals surface area contributed by atoms with Crippen molar-refractivity contribution in [3.05, 3.63) is 59.4 Å². The zero-order valence-electron chi connectivity index (χ0n) is 17.5. The molecule has 5 heteroatoms. The molecule has 1 fully saturated rings. The lowest BCUT2D eigenvalue weighted by Gasteiger charge is -2.14. The quantitative estimate of drug-likeness (QED) is 0.559. The Hall–Kier alpha value is -2.82. The minimum atomic E-state index is 0.173. The summed E-state index contributed by atoms with van der Waals surface area (Å²) >= 11 is 0. The molecule has 29 heavy (non-hydrogen) atoms. The summed E-state index contributed by atoms with van der Waals surface area (Å²) < 4.78 is 8.29. The van der Waals surface area contributed by atoms with Gasteiger partial charge in [-0.15, -0.1) is 0 Å². The van der Waals surface area contributed by atoms with Gasteiger partial charge in [0.25, 0.3) is 0 Å². The van der Waals surface area contributed by atoms with Crippen LogP contribution in [0.5, 0.6) is 5.75 Å². The Kier molecular flexibility index (Phi) is 5.56. The van der Waals surface area contributed by atoms with Gasteiger partial charge in [-0.2, -0.15) is 0 Å². The van der Waals surface area contributed by atoms with Gasteiger partial charge in [-0.1, -0.05) is 29.8 Å². The lowest BCUT2D eigenvalue weighted by Crippen LogP contribution is -2.19. The van der Waals surface area contributed by atoms with Crippen LogP contribution in [0, 0.1) is 13.8 Å². The molecule has 4 rings (SSSR count). The van der Waals surface area contributed by atoms with Gasteiger partial charge in [-0.25, -0.2) is 4.98 Å². The van der Waals surface area contributed by atoms with E-state index in [1.807, 2.05) is 18.0 Å². The number of imidazole rings is 1. The second-order valence-corrected chi connectivity index (χ2v) is 8.11. The third kappa shape index (κ3) is 4.14. The fourth-order valence-electron chi connectivity index (χ4n) is 4.19. The molecule has 5 nitrogen and oxygen atoms in total. The van der Waals surface area contributed by atoms with Crippen LogP contribution in [-0.2, 0) is 11.3 Å². The van der Waals surface area contributed by atoms with Crippen molar-refractivity contribution in [3.8, 4) is 5.75 Å². The molecule has 1 aliphatic rings. The number of likely N-dealkylation sites (N-methyl/N-ethyl adjacent to an activating group) is 1. The van der Waals surface area contributed by atoms with Crippen LogP contribution in [0.1, 0.15) is 42.1 Å². The number of para-hydroxylation sites is 2. The summed E-state index contributed by atoms with van der Waals surface area (Å²) in [7, 11) is 1.87. The number of likely N-dealkylation sites (tertiary alicyclic amines) is 1. The van der Waals surface area contributed by atoms with Gasteiger partial charge in [0.15, 0.2) is 0 Å². The minimum absolute atomic E-state index is 0.173. The highest BCUT2D eigenvalue weighted by Crippen LogP contribution is 2.30. The Labute approximate surface area is 172 Å². The van der Waals surface area contributed by atoms with Crippen LogP contribution in [0.4, 0.5) is 0 Å². The van der Waals surface area contributed by atoms with Crippen LogP contribution >= 0.6 is 0 Å². The Morgan fingerprint density at radius 2 is 1.97 bits per heavy atom. The number of hydrogen-bond donors (Lipinski definition) is 0. The third-order valence-electron chi connectivity index (χ3n) is 5.75. The van der Waals surface area contributed by atoms with E-state index in [2.05, 4.69) is 54.8 Å². The topological polar surface area (TPSA) is 47.4 Å². The van der Waals surface area contributed by atoms with Crippen molar-refractivity contribution in [3.63, 3.8) is 0 Å². The van der Waals surface area contributed by atoms with E-state index >= 15 is 0 Å².